The molecule has 0 saturated carbocycles. The maximum absolute atomic E-state index is 9.60. The smallest absolute Gasteiger partial charge is 0.292 e. The highest BCUT2D eigenvalue weighted by molar-refractivity contribution is 7.90. The fourth-order valence-corrected chi connectivity index (χ4v) is 2.13. The Balaban J connectivity index is 2.54. The Kier molecular flexibility index (Phi) is 1.29. The molecule has 3 nitrogen and oxygen atoms in total. The van der Waals surface area contributed by atoms with Crippen molar-refractivity contribution in [3.63, 3.8) is 0 Å². The van der Waals surface area contributed by atoms with E-state index in [1.165, 1.54) is 0 Å². The molecule has 2 bridgehead atoms. The second kappa shape index (κ2) is 2.35. The van der Waals surface area contributed by atoms with E-state index < -0.39 is 0 Å². The van der Waals surface area contributed by atoms with Gasteiger partial charge < -0.3 is 13.5 Å². The van der Waals surface area contributed by atoms with Gasteiger partial charge in [0.05, 0.1) is 11.6 Å². The molecule has 0 spiro atoms. The molecular formula is C9H6O3S. The summed E-state index contributed by atoms with van der Waals surface area (Å²) in [5, 5.41) is 11.3. The molecule has 3 rings (SSSR count). The molecule has 1 saturated heterocycles. The Hall–Kier alpha value is -1.29. The van der Waals surface area contributed by atoms with Gasteiger partial charge in [-0.15, -0.1) is 0 Å². The summed E-state index contributed by atoms with van der Waals surface area (Å²) in [5.74, 6) is 1.92. The van der Waals surface area contributed by atoms with E-state index in [0.29, 0.717) is 6.42 Å². The summed E-state index contributed by atoms with van der Waals surface area (Å²) in [7, 11) is 0. The van der Waals surface area contributed by atoms with Gasteiger partial charge in [0.1, 0.15) is 17.3 Å². The predicted molar refractivity (Wildman–Crippen MR) is 48.6 cm³/mol. The topological polar surface area (TPSA) is 38.7 Å². The summed E-state index contributed by atoms with van der Waals surface area (Å²) in [4.78, 5) is 0. The number of phenols is 1. The van der Waals surface area contributed by atoms with Crippen LogP contribution < -0.4 is 10.4 Å². The number of benzene rings is 1. The van der Waals surface area contributed by atoms with E-state index in [0.717, 1.165) is 34.3 Å². The molecule has 0 aromatic heterocycles. The van der Waals surface area contributed by atoms with Crippen molar-refractivity contribution in [2.24, 2.45) is 0 Å². The fraction of sp³-hybridized carbons (Fsp3) is 0.111. The highest BCUT2D eigenvalue weighted by Gasteiger charge is 2.24. The van der Waals surface area contributed by atoms with E-state index in [1.807, 2.05) is 6.07 Å². The normalized spacial score (nSPS) is 17.8. The first kappa shape index (κ1) is 7.15. The van der Waals surface area contributed by atoms with Crippen molar-refractivity contribution in [2.75, 3.05) is 0 Å². The molecule has 4 heteroatoms. The maximum atomic E-state index is 9.60. The maximum Gasteiger partial charge on any atom is 0.292 e. The number of rotatable bonds is 0. The summed E-state index contributed by atoms with van der Waals surface area (Å²) in [6, 6.07) is 5.38. The number of hydrogen-bond acceptors (Lipinski definition) is 4. The lowest BCUT2D eigenvalue weighted by Crippen LogP contribution is -2.23. The van der Waals surface area contributed by atoms with Crippen molar-refractivity contribution in [1.82, 2.24) is 0 Å². The van der Waals surface area contributed by atoms with Gasteiger partial charge in [0.15, 0.2) is 0 Å². The Morgan fingerprint density at radius 3 is 3.00 bits per heavy atom. The van der Waals surface area contributed by atoms with Gasteiger partial charge >= 0.3 is 0 Å². The minimum absolute atomic E-state index is 0.258. The van der Waals surface area contributed by atoms with Crippen LogP contribution in [0.1, 0.15) is 6.42 Å². The van der Waals surface area contributed by atoms with Crippen LogP contribution in [0.2, 0.25) is 0 Å². The monoisotopic (exact) mass is 194 g/mol. The van der Waals surface area contributed by atoms with Crippen LogP contribution in [0.4, 0.5) is 0 Å². The number of hydrogen-bond donors (Lipinski definition) is 1. The first-order chi connectivity index (χ1) is 6.36. The molecule has 0 amide bonds. The van der Waals surface area contributed by atoms with Crippen molar-refractivity contribution in [3.05, 3.63) is 28.6 Å². The molecule has 0 atom stereocenters. The predicted octanol–water partition coefficient (Wildman–Crippen LogP) is 0.622. The van der Waals surface area contributed by atoms with Crippen molar-refractivity contribution in [2.45, 2.75) is 6.42 Å². The van der Waals surface area contributed by atoms with Crippen LogP contribution in [0.5, 0.6) is 5.75 Å². The van der Waals surface area contributed by atoms with E-state index in [9.17, 15) is 5.11 Å². The lowest BCUT2D eigenvalue weighted by molar-refractivity contribution is 0.438. The zero-order chi connectivity index (χ0) is 8.84. The highest BCUT2D eigenvalue weighted by Crippen LogP contribution is 2.32. The third-order valence-electron chi connectivity index (χ3n) is 2.21. The quantitative estimate of drug-likeness (QED) is 0.614. The van der Waals surface area contributed by atoms with Gasteiger partial charge in [0.2, 0.25) is 0 Å². The van der Waals surface area contributed by atoms with E-state index in [-0.39, 0.29) is 5.75 Å². The van der Waals surface area contributed by atoms with Gasteiger partial charge in [-0.1, -0.05) is 12.1 Å². The lowest BCUT2D eigenvalue weighted by Gasteiger charge is -2.11. The standard InChI is InChI=1S/C9H6O3S/c10-6-3-1-2-5-7-4-8(9(5)6)12-13-11-7/h1-3,10H,4H2. The van der Waals surface area contributed by atoms with Crippen molar-refractivity contribution < 1.29 is 13.5 Å². The molecule has 0 radical (unpaired) electrons. The lowest BCUT2D eigenvalue weighted by atomic mass is 10.2. The van der Waals surface area contributed by atoms with Gasteiger partial charge in [-0.3, -0.25) is 0 Å². The van der Waals surface area contributed by atoms with Crippen molar-refractivity contribution in [1.29, 1.82) is 0 Å². The van der Waals surface area contributed by atoms with Crippen LogP contribution in [-0.4, -0.2) is 5.11 Å². The molecule has 1 aromatic rings. The molecule has 1 aromatic carbocycles. The summed E-state index contributed by atoms with van der Waals surface area (Å²) < 4.78 is 10.4. The molecule has 1 N–H and O–H groups in total. The van der Waals surface area contributed by atoms with Crippen LogP contribution in [0.25, 0.3) is 11.5 Å². The van der Waals surface area contributed by atoms with E-state index >= 15 is 0 Å². The van der Waals surface area contributed by atoms with Gasteiger partial charge in [-0.25, -0.2) is 0 Å². The fourth-order valence-electron chi connectivity index (χ4n) is 1.64. The summed E-state index contributed by atoms with van der Waals surface area (Å²) in [6.07, 6.45) is 0.653. The third-order valence-corrected chi connectivity index (χ3v) is 2.75. The average Bonchev–Trinajstić information content (AvgIpc) is 2.41. The Morgan fingerprint density at radius 2 is 2.08 bits per heavy atom. The Bertz CT molecular complexity index is 492. The summed E-state index contributed by atoms with van der Waals surface area (Å²) in [6.45, 7) is 0. The molecule has 1 aliphatic carbocycles. The summed E-state index contributed by atoms with van der Waals surface area (Å²) in [5.41, 5.74) is 0. The molecule has 1 heterocycles. The average molecular weight is 194 g/mol. The Morgan fingerprint density at radius 1 is 1.23 bits per heavy atom. The van der Waals surface area contributed by atoms with E-state index in [1.54, 1.807) is 12.1 Å². The third kappa shape index (κ3) is 0.862. The number of fused-ring (bicyclic) bond motifs is 3. The number of aromatic hydroxyl groups is 1. The zero-order valence-corrected chi connectivity index (χ0v) is 7.43. The highest BCUT2D eigenvalue weighted by atomic mass is 32.2. The number of phenolic OH excluding ortho intramolecular Hbond substituents is 1. The van der Waals surface area contributed by atoms with Crippen molar-refractivity contribution >= 4 is 23.8 Å². The molecule has 13 heavy (non-hydrogen) atoms. The second-order valence-electron chi connectivity index (χ2n) is 2.96. The zero-order valence-electron chi connectivity index (χ0n) is 6.61. The molecular weight excluding hydrogens is 188 g/mol. The molecule has 1 fully saturated rings. The van der Waals surface area contributed by atoms with Crippen molar-refractivity contribution in [3.8, 4) is 5.75 Å². The molecule has 1 aliphatic heterocycles. The molecule has 2 aliphatic rings. The minimum atomic E-state index is 0.258. The summed E-state index contributed by atoms with van der Waals surface area (Å²) >= 11 is 0.954. The Labute approximate surface area is 78.7 Å². The van der Waals surface area contributed by atoms with Crippen LogP contribution in [-0.2, 0) is 8.37 Å². The van der Waals surface area contributed by atoms with Gasteiger partial charge in [0.25, 0.3) is 12.3 Å². The minimum Gasteiger partial charge on any atom is -0.507 e. The van der Waals surface area contributed by atoms with E-state index in [2.05, 4.69) is 0 Å². The molecule has 0 unspecified atom stereocenters. The second-order valence-corrected chi connectivity index (χ2v) is 3.43. The largest absolute Gasteiger partial charge is 0.507 e. The van der Waals surface area contributed by atoms with Crippen LogP contribution in [0.15, 0.2) is 18.2 Å². The van der Waals surface area contributed by atoms with Gasteiger partial charge in [-0.05, 0) is 6.07 Å². The SMILES string of the molecule is Oc1cccc2c1=C1CC=2OSO1. The van der Waals surface area contributed by atoms with Gasteiger partial charge in [0, 0.05) is 5.22 Å². The van der Waals surface area contributed by atoms with E-state index in [4.69, 9.17) is 8.37 Å². The van der Waals surface area contributed by atoms with Crippen LogP contribution in [0.3, 0.4) is 0 Å². The first-order valence-corrected chi connectivity index (χ1v) is 4.58. The first-order valence-electron chi connectivity index (χ1n) is 3.92. The van der Waals surface area contributed by atoms with Crippen LogP contribution >= 0.6 is 12.3 Å². The van der Waals surface area contributed by atoms with Crippen LogP contribution in [0, 0.1) is 0 Å². The van der Waals surface area contributed by atoms with Gasteiger partial charge in [-0.2, -0.15) is 0 Å². The molecule has 66 valence electrons.